The summed E-state index contributed by atoms with van der Waals surface area (Å²) in [6.07, 6.45) is 2.54. The monoisotopic (exact) mass is 756 g/mol. The molecule has 0 bridgehead atoms. The lowest BCUT2D eigenvalue weighted by Crippen LogP contribution is -2.31. The highest BCUT2D eigenvalue weighted by molar-refractivity contribution is 14.1. The molecule has 3 N–H and O–H groups in total. The number of fused-ring (bicyclic) bond motifs is 1. The molecule has 0 spiro atoms. The van der Waals surface area contributed by atoms with Crippen LogP contribution in [0.5, 0.6) is 23.0 Å². The first kappa shape index (κ1) is 28.8. The summed E-state index contributed by atoms with van der Waals surface area (Å²) in [6, 6.07) is 15.3. The van der Waals surface area contributed by atoms with Gasteiger partial charge < -0.3 is 29.5 Å². The van der Waals surface area contributed by atoms with Gasteiger partial charge in [-0.2, -0.15) is 0 Å². The number of carbonyl (C=O) groups excluding carboxylic acids is 1. The molecule has 0 aliphatic rings. The van der Waals surface area contributed by atoms with Crippen LogP contribution in [-0.4, -0.2) is 30.8 Å². The zero-order valence-corrected chi connectivity index (χ0v) is 25.5. The van der Waals surface area contributed by atoms with Gasteiger partial charge in [-0.25, -0.2) is 9.59 Å². The lowest BCUT2D eigenvalue weighted by molar-refractivity contribution is -0.139. The van der Waals surface area contributed by atoms with E-state index in [0.29, 0.717) is 64.7 Å². The van der Waals surface area contributed by atoms with Crippen LogP contribution >= 0.6 is 45.2 Å². The topological polar surface area (TPSA) is 124 Å². The van der Waals surface area contributed by atoms with Crippen molar-refractivity contribution >= 4 is 79.5 Å². The van der Waals surface area contributed by atoms with E-state index in [1.807, 2.05) is 6.07 Å². The van der Waals surface area contributed by atoms with Crippen LogP contribution in [-0.2, 0) is 11.2 Å². The molecular weight excluding hydrogens is 730 g/mol. The van der Waals surface area contributed by atoms with Gasteiger partial charge in [0.1, 0.15) is 28.6 Å². The molecule has 4 rings (SSSR count). The lowest BCUT2D eigenvalue weighted by Gasteiger charge is -2.21. The number of methoxy groups -OCH3 is 1. The Labute approximate surface area is 252 Å². The van der Waals surface area contributed by atoms with E-state index >= 15 is 0 Å². The number of nitrogens with two attached hydrogens (primary N) is 1. The summed E-state index contributed by atoms with van der Waals surface area (Å²) in [6.45, 7) is 1.66. The summed E-state index contributed by atoms with van der Waals surface area (Å²) >= 11 is 4.18. The van der Waals surface area contributed by atoms with Gasteiger partial charge in [0.2, 0.25) is 0 Å². The van der Waals surface area contributed by atoms with Crippen molar-refractivity contribution in [3.8, 4) is 23.0 Å². The number of ether oxygens (including phenoxy) is 3. The number of carboxylic acids is 1. The fraction of sp³-hybridized carbons (Fsp3) is 0.214. The van der Waals surface area contributed by atoms with E-state index < -0.39 is 18.6 Å². The normalized spacial score (nSPS) is 10.9. The second-order valence-electron chi connectivity index (χ2n) is 8.51. The highest BCUT2D eigenvalue weighted by atomic mass is 127. The van der Waals surface area contributed by atoms with Crippen molar-refractivity contribution in [3.63, 3.8) is 0 Å². The number of primary amides is 1. The smallest absolute Gasteiger partial charge is 0.341 e. The first-order chi connectivity index (χ1) is 18.7. The summed E-state index contributed by atoms with van der Waals surface area (Å²) in [4.78, 5) is 24.9. The SMILES string of the molecule is CCCCc1oc2ccc(N(C(N)=O)c3ccc(OC)cc3)cc2c1Oc1cc(I)c(OCC(=O)O)c(I)c1. The number of halogens is 2. The summed E-state index contributed by atoms with van der Waals surface area (Å²) in [5.41, 5.74) is 7.54. The molecule has 0 aliphatic heterocycles. The van der Waals surface area contributed by atoms with Crippen LogP contribution in [0.1, 0.15) is 25.5 Å². The van der Waals surface area contributed by atoms with Gasteiger partial charge in [0, 0.05) is 6.42 Å². The minimum absolute atomic E-state index is 0.437. The zero-order chi connectivity index (χ0) is 28.1. The fourth-order valence-electron chi connectivity index (χ4n) is 3.99. The maximum absolute atomic E-state index is 12.5. The molecule has 0 fully saturated rings. The third-order valence-electron chi connectivity index (χ3n) is 5.79. The summed E-state index contributed by atoms with van der Waals surface area (Å²) in [5, 5.41) is 9.66. The predicted octanol–water partition coefficient (Wildman–Crippen LogP) is 7.47. The van der Waals surface area contributed by atoms with E-state index in [-0.39, 0.29) is 0 Å². The Morgan fingerprint density at radius 1 is 0.974 bits per heavy atom. The number of carboxylic acid groups (broad SMARTS) is 1. The summed E-state index contributed by atoms with van der Waals surface area (Å²) in [5.74, 6) is 1.86. The molecule has 204 valence electrons. The number of rotatable bonds is 11. The second-order valence-corrected chi connectivity index (χ2v) is 10.8. The summed E-state index contributed by atoms with van der Waals surface area (Å²) < 4.78 is 24.7. The fourth-order valence-corrected chi connectivity index (χ4v) is 6.01. The first-order valence-corrected chi connectivity index (χ1v) is 14.2. The van der Waals surface area contributed by atoms with Crippen LogP contribution in [0.3, 0.4) is 0 Å². The van der Waals surface area contributed by atoms with Gasteiger partial charge in [-0.1, -0.05) is 13.3 Å². The molecule has 11 heteroatoms. The minimum atomic E-state index is -1.05. The van der Waals surface area contributed by atoms with Crippen LogP contribution in [0.15, 0.2) is 59.0 Å². The largest absolute Gasteiger partial charge is 0.497 e. The number of benzene rings is 3. The van der Waals surface area contributed by atoms with Gasteiger partial charge in [-0.15, -0.1) is 0 Å². The van der Waals surface area contributed by atoms with Crippen molar-refractivity contribution in [2.45, 2.75) is 26.2 Å². The van der Waals surface area contributed by atoms with Crippen molar-refractivity contribution in [1.82, 2.24) is 0 Å². The number of amides is 2. The molecule has 0 unspecified atom stereocenters. The highest BCUT2D eigenvalue weighted by Gasteiger charge is 2.22. The van der Waals surface area contributed by atoms with Crippen molar-refractivity contribution < 1.29 is 33.3 Å². The summed E-state index contributed by atoms with van der Waals surface area (Å²) in [7, 11) is 1.57. The maximum Gasteiger partial charge on any atom is 0.341 e. The highest BCUT2D eigenvalue weighted by Crippen LogP contribution is 2.42. The van der Waals surface area contributed by atoms with Crippen LogP contribution in [0.4, 0.5) is 16.2 Å². The molecule has 1 aromatic heterocycles. The standard InChI is InChI=1S/C28H26I2N2O7/c1-3-4-5-24-26(38-19-13-21(29)27(22(30)14-19)37-15-25(33)34)20-12-17(8-11-23(20)39-24)32(28(31)35)16-6-9-18(36-2)10-7-16/h6-14H,3-5,15H2,1-2H3,(H2,31,35)(H,33,34). The zero-order valence-electron chi connectivity index (χ0n) is 21.2. The molecule has 3 aromatic carbocycles. The number of nitrogens with zero attached hydrogens (tertiary/aromatic N) is 1. The van der Waals surface area contributed by atoms with E-state index in [1.54, 1.807) is 55.6 Å². The molecule has 0 radical (unpaired) electrons. The van der Waals surface area contributed by atoms with Gasteiger partial charge in [0.15, 0.2) is 12.4 Å². The number of carbonyl (C=O) groups is 2. The molecular formula is C28H26I2N2O7. The molecule has 2 amide bonds. The Balaban J connectivity index is 1.77. The molecule has 1 heterocycles. The molecule has 0 aliphatic carbocycles. The number of hydrogen-bond donors (Lipinski definition) is 2. The number of hydrogen-bond acceptors (Lipinski definition) is 6. The average molecular weight is 756 g/mol. The second kappa shape index (κ2) is 12.8. The molecule has 39 heavy (non-hydrogen) atoms. The number of aryl methyl sites for hydroxylation is 1. The van der Waals surface area contributed by atoms with E-state index in [4.69, 9.17) is 29.5 Å². The molecule has 0 saturated carbocycles. The van der Waals surface area contributed by atoms with E-state index in [2.05, 4.69) is 52.1 Å². The van der Waals surface area contributed by atoms with Gasteiger partial charge >= 0.3 is 12.0 Å². The Morgan fingerprint density at radius 2 is 1.64 bits per heavy atom. The van der Waals surface area contributed by atoms with Gasteiger partial charge in [0.25, 0.3) is 0 Å². The van der Waals surface area contributed by atoms with E-state index in [9.17, 15) is 9.59 Å². The molecule has 9 nitrogen and oxygen atoms in total. The average Bonchev–Trinajstić information content (AvgIpc) is 3.23. The van der Waals surface area contributed by atoms with Crippen molar-refractivity contribution in [1.29, 1.82) is 0 Å². The quantitative estimate of drug-likeness (QED) is 0.152. The van der Waals surface area contributed by atoms with Gasteiger partial charge in [-0.05, 0) is 106 Å². The van der Waals surface area contributed by atoms with Crippen LogP contribution in [0.25, 0.3) is 11.0 Å². The minimum Gasteiger partial charge on any atom is -0.497 e. The van der Waals surface area contributed by atoms with Crippen molar-refractivity contribution in [2.75, 3.05) is 18.6 Å². The van der Waals surface area contributed by atoms with E-state index in [0.717, 1.165) is 12.8 Å². The number of urea groups is 1. The van der Waals surface area contributed by atoms with Gasteiger partial charge in [-0.3, -0.25) is 4.90 Å². The van der Waals surface area contributed by atoms with Crippen molar-refractivity contribution in [2.24, 2.45) is 5.73 Å². The van der Waals surface area contributed by atoms with Crippen molar-refractivity contribution in [3.05, 3.63) is 67.5 Å². The Morgan fingerprint density at radius 3 is 2.23 bits per heavy atom. The number of unbranched alkanes of at least 4 members (excludes halogenated alkanes) is 1. The van der Waals surface area contributed by atoms with Crippen LogP contribution in [0.2, 0.25) is 0 Å². The van der Waals surface area contributed by atoms with E-state index in [1.165, 1.54) is 4.90 Å². The third-order valence-corrected chi connectivity index (χ3v) is 7.40. The number of anilines is 2. The predicted molar refractivity (Wildman–Crippen MR) is 165 cm³/mol. The lowest BCUT2D eigenvalue weighted by atomic mass is 10.1. The molecule has 0 saturated heterocycles. The first-order valence-electron chi connectivity index (χ1n) is 12.0. The molecule has 0 atom stereocenters. The Kier molecular flexibility index (Phi) is 9.43. The molecule has 4 aromatic rings. The Bertz CT molecular complexity index is 1480. The van der Waals surface area contributed by atoms with Crippen LogP contribution < -0.4 is 24.8 Å². The number of aliphatic carboxylic acids is 1. The Hall–Kier alpha value is -3.20. The number of furan rings is 1. The third kappa shape index (κ3) is 6.69. The van der Waals surface area contributed by atoms with Gasteiger partial charge in [0.05, 0.1) is 31.0 Å². The van der Waals surface area contributed by atoms with Crippen LogP contribution in [0, 0.1) is 7.14 Å². The maximum atomic E-state index is 12.5.